The number of nitrogens with one attached hydrogen (secondary N) is 5. The van der Waals surface area contributed by atoms with E-state index in [1.165, 1.54) is 25.0 Å². The number of carbonyl (C=O) groups excluding carboxylic acids is 3. The van der Waals surface area contributed by atoms with Crippen molar-refractivity contribution in [3.05, 3.63) is 36.4 Å². The molecule has 0 spiro atoms. The number of H-pyrrole nitrogens is 2. The van der Waals surface area contributed by atoms with Crippen molar-refractivity contribution in [3.8, 4) is 0 Å². The Bertz CT molecular complexity index is 1080. The maximum Gasteiger partial charge on any atom is 0.326 e. The van der Waals surface area contributed by atoms with Gasteiger partial charge in [-0.05, 0) is 32.2 Å². The molecule has 0 aliphatic carbocycles. The Balaban J connectivity index is 2.16. The molecule has 0 aromatic carbocycles. The molecule has 2 aromatic rings. The van der Waals surface area contributed by atoms with E-state index in [-0.39, 0.29) is 25.7 Å². The number of aromatic nitrogens is 4. The summed E-state index contributed by atoms with van der Waals surface area (Å²) in [4.78, 5) is 75.0. The maximum absolute atomic E-state index is 13.3. The molecule has 0 radical (unpaired) electrons. The van der Waals surface area contributed by atoms with Crippen LogP contribution in [0.2, 0.25) is 0 Å². The fourth-order valence-corrected chi connectivity index (χ4v) is 3.66. The van der Waals surface area contributed by atoms with Crippen molar-refractivity contribution < 1.29 is 34.2 Å². The van der Waals surface area contributed by atoms with Gasteiger partial charge >= 0.3 is 11.9 Å². The second-order valence-electron chi connectivity index (χ2n) is 8.91. The predicted molar refractivity (Wildman–Crippen MR) is 136 cm³/mol. The van der Waals surface area contributed by atoms with E-state index in [4.69, 9.17) is 16.6 Å². The van der Waals surface area contributed by atoms with E-state index in [9.17, 15) is 29.1 Å². The Hall–Kier alpha value is -4.31. The quantitative estimate of drug-likeness (QED) is 0.0898. The number of carbonyl (C=O) groups is 5. The zero-order valence-corrected chi connectivity index (χ0v) is 21.3. The summed E-state index contributed by atoms with van der Waals surface area (Å²) in [6, 6.07) is -4.80. The van der Waals surface area contributed by atoms with Crippen LogP contribution in [0.3, 0.4) is 0 Å². The Labute approximate surface area is 223 Å². The standard InChI is InChI=1S/C23H35N9O7/c24-6-2-1-3-16(30-20(35)15(25)7-13-9-26-11-28-13)21(36)32-18(8-14-10-27-12-29-14)22(37)31-17(23(38)39)4-5-19(33)34/h9-12,15-18H,1-8,24-25H2,(H,26,28)(H,27,29)(H,30,35)(H,31,37)(H,32,36)(H,33,34)(H,38,39). The Kier molecular flexibility index (Phi) is 12.5. The van der Waals surface area contributed by atoms with Crippen molar-refractivity contribution in [2.24, 2.45) is 11.5 Å². The number of carboxylic acid groups (broad SMARTS) is 2. The summed E-state index contributed by atoms with van der Waals surface area (Å²) in [7, 11) is 0. The molecule has 0 aliphatic rings. The zero-order valence-electron chi connectivity index (χ0n) is 21.3. The number of aliphatic carboxylic acids is 2. The largest absolute Gasteiger partial charge is 0.481 e. The van der Waals surface area contributed by atoms with Crippen molar-refractivity contribution in [2.45, 2.75) is 69.1 Å². The molecular weight excluding hydrogens is 514 g/mol. The molecule has 2 aromatic heterocycles. The molecule has 4 unspecified atom stereocenters. The molecule has 214 valence electrons. The Morgan fingerprint density at radius 1 is 0.795 bits per heavy atom. The lowest BCUT2D eigenvalue weighted by molar-refractivity contribution is -0.143. The predicted octanol–water partition coefficient (Wildman–Crippen LogP) is -2.22. The smallest absolute Gasteiger partial charge is 0.326 e. The number of carboxylic acids is 2. The fraction of sp³-hybridized carbons (Fsp3) is 0.522. The number of imidazole rings is 2. The molecule has 0 saturated carbocycles. The SMILES string of the molecule is NCCCCC(NC(=O)C(N)Cc1cnc[nH]1)C(=O)NC(Cc1cnc[nH]1)C(=O)NC(CCC(=O)O)C(=O)O. The minimum atomic E-state index is -1.49. The molecule has 39 heavy (non-hydrogen) atoms. The average Bonchev–Trinajstić information content (AvgIpc) is 3.59. The number of unbranched alkanes of at least 4 members (excludes halogenated alkanes) is 1. The lowest BCUT2D eigenvalue weighted by Gasteiger charge is -2.25. The summed E-state index contributed by atoms with van der Waals surface area (Å²) in [5.74, 6) is -4.77. The molecule has 0 aliphatic heterocycles. The first-order valence-corrected chi connectivity index (χ1v) is 12.4. The molecule has 11 N–H and O–H groups in total. The lowest BCUT2D eigenvalue weighted by atomic mass is 10.0. The van der Waals surface area contributed by atoms with E-state index < -0.39 is 60.2 Å². The van der Waals surface area contributed by atoms with Gasteiger partial charge in [0.05, 0.1) is 18.7 Å². The molecule has 2 heterocycles. The third kappa shape index (κ3) is 10.9. The van der Waals surface area contributed by atoms with Crippen molar-refractivity contribution in [1.29, 1.82) is 0 Å². The van der Waals surface area contributed by atoms with Crippen molar-refractivity contribution in [3.63, 3.8) is 0 Å². The highest BCUT2D eigenvalue weighted by Gasteiger charge is 2.31. The van der Waals surface area contributed by atoms with Crippen LogP contribution >= 0.6 is 0 Å². The van der Waals surface area contributed by atoms with Gasteiger partial charge in [-0.15, -0.1) is 0 Å². The van der Waals surface area contributed by atoms with Gasteiger partial charge in [-0.2, -0.15) is 0 Å². The van der Waals surface area contributed by atoms with Gasteiger partial charge in [-0.25, -0.2) is 14.8 Å². The third-order valence-electron chi connectivity index (χ3n) is 5.78. The molecule has 0 fully saturated rings. The summed E-state index contributed by atoms with van der Waals surface area (Å²) in [5.41, 5.74) is 12.7. The highest BCUT2D eigenvalue weighted by Crippen LogP contribution is 2.07. The third-order valence-corrected chi connectivity index (χ3v) is 5.78. The summed E-state index contributed by atoms with van der Waals surface area (Å²) >= 11 is 0. The molecule has 16 heteroatoms. The summed E-state index contributed by atoms with van der Waals surface area (Å²) in [6.07, 6.45) is 6.31. The number of amides is 3. The zero-order chi connectivity index (χ0) is 28.8. The van der Waals surface area contributed by atoms with Crippen LogP contribution in [0, 0.1) is 0 Å². The van der Waals surface area contributed by atoms with E-state index in [0.717, 1.165) is 0 Å². The van der Waals surface area contributed by atoms with Crippen LogP contribution < -0.4 is 27.4 Å². The van der Waals surface area contributed by atoms with Crippen LogP contribution in [0.5, 0.6) is 0 Å². The van der Waals surface area contributed by atoms with Crippen LogP contribution in [0.1, 0.15) is 43.5 Å². The number of nitrogens with two attached hydrogens (primary N) is 2. The monoisotopic (exact) mass is 549 g/mol. The second-order valence-corrected chi connectivity index (χ2v) is 8.91. The number of rotatable bonds is 18. The topological polar surface area (TPSA) is 271 Å². The molecule has 16 nitrogen and oxygen atoms in total. The average molecular weight is 550 g/mol. The van der Waals surface area contributed by atoms with Gasteiger partial charge < -0.3 is 47.6 Å². The molecule has 4 atom stereocenters. The first kappa shape index (κ1) is 30.9. The number of nitrogens with zero attached hydrogens (tertiary/aromatic N) is 2. The minimum absolute atomic E-state index is 0.0777. The van der Waals surface area contributed by atoms with Crippen LogP contribution in [-0.2, 0) is 36.8 Å². The van der Waals surface area contributed by atoms with Crippen molar-refractivity contribution in [1.82, 2.24) is 35.9 Å². The van der Waals surface area contributed by atoms with Crippen LogP contribution in [0.15, 0.2) is 25.0 Å². The van der Waals surface area contributed by atoms with E-state index in [0.29, 0.717) is 30.8 Å². The second kappa shape index (κ2) is 15.8. The van der Waals surface area contributed by atoms with Crippen LogP contribution in [0.4, 0.5) is 0 Å². The molecule has 0 saturated heterocycles. The van der Waals surface area contributed by atoms with Crippen LogP contribution in [-0.4, -0.2) is 90.5 Å². The number of hydrogen-bond donors (Lipinski definition) is 9. The number of aromatic amines is 2. The van der Waals surface area contributed by atoms with E-state index in [1.807, 2.05) is 0 Å². The molecule has 3 amide bonds. The van der Waals surface area contributed by atoms with Gasteiger partial charge in [0.15, 0.2) is 0 Å². The first-order chi connectivity index (χ1) is 18.6. The summed E-state index contributed by atoms with van der Waals surface area (Å²) < 4.78 is 0. The Morgan fingerprint density at radius 3 is 1.90 bits per heavy atom. The molecule has 0 bridgehead atoms. The van der Waals surface area contributed by atoms with Gasteiger partial charge in [-0.3, -0.25) is 19.2 Å². The summed E-state index contributed by atoms with van der Waals surface area (Å²) in [6.45, 7) is 0.374. The van der Waals surface area contributed by atoms with Gasteiger partial charge in [0.25, 0.3) is 0 Å². The van der Waals surface area contributed by atoms with Gasteiger partial charge in [-0.1, -0.05) is 0 Å². The summed E-state index contributed by atoms with van der Waals surface area (Å²) in [5, 5.41) is 25.8. The molecule has 2 rings (SSSR count). The molecular formula is C23H35N9O7. The fourth-order valence-electron chi connectivity index (χ4n) is 3.66. The van der Waals surface area contributed by atoms with E-state index in [2.05, 4.69) is 35.9 Å². The van der Waals surface area contributed by atoms with Gasteiger partial charge in [0.1, 0.15) is 18.1 Å². The minimum Gasteiger partial charge on any atom is -0.481 e. The van der Waals surface area contributed by atoms with Gasteiger partial charge in [0, 0.05) is 43.0 Å². The lowest BCUT2D eigenvalue weighted by Crippen LogP contribution is -2.57. The van der Waals surface area contributed by atoms with E-state index >= 15 is 0 Å². The highest BCUT2D eigenvalue weighted by atomic mass is 16.4. The highest BCUT2D eigenvalue weighted by molar-refractivity contribution is 5.94. The maximum atomic E-state index is 13.3. The van der Waals surface area contributed by atoms with E-state index in [1.54, 1.807) is 0 Å². The van der Waals surface area contributed by atoms with Crippen molar-refractivity contribution in [2.75, 3.05) is 6.54 Å². The van der Waals surface area contributed by atoms with Gasteiger partial charge in [0.2, 0.25) is 17.7 Å². The van der Waals surface area contributed by atoms with Crippen molar-refractivity contribution >= 4 is 29.7 Å². The normalized spacial score (nSPS) is 14.0. The Morgan fingerprint density at radius 2 is 1.36 bits per heavy atom. The first-order valence-electron chi connectivity index (χ1n) is 12.4. The number of hydrogen-bond acceptors (Lipinski definition) is 9. The van der Waals surface area contributed by atoms with Crippen LogP contribution in [0.25, 0.3) is 0 Å².